The average Bonchev–Trinajstić information content (AvgIpc) is 3.05. The molecular weight excluding hydrogens is 268 g/mol. The molecule has 1 saturated heterocycles. The third-order valence-corrected chi connectivity index (χ3v) is 4.74. The number of amides is 1. The zero-order chi connectivity index (χ0) is 14.7. The zero-order valence-corrected chi connectivity index (χ0v) is 12.7. The number of ether oxygens (including phenoxy) is 1. The van der Waals surface area contributed by atoms with Gasteiger partial charge in [-0.2, -0.15) is 0 Å². The number of hydrogen-bond donors (Lipinski definition) is 0. The van der Waals surface area contributed by atoms with Crippen molar-refractivity contribution in [2.45, 2.75) is 57.1 Å². The van der Waals surface area contributed by atoms with Crippen LogP contribution in [0.15, 0.2) is 6.20 Å². The van der Waals surface area contributed by atoms with Crippen molar-refractivity contribution in [3.8, 4) is 0 Å². The summed E-state index contributed by atoms with van der Waals surface area (Å²) in [7, 11) is 1.73. The maximum absolute atomic E-state index is 12.5. The quantitative estimate of drug-likeness (QED) is 0.855. The van der Waals surface area contributed by atoms with Crippen molar-refractivity contribution in [2.24, 2.45) is 0 Å². The maximum Gasteiger partial charge on any atom is 0.276 e. The van der Waals surface area contributed by atoms with Crippen molar-refractivity contribution in [3.63, 3.8) is 0 Å². The van der Waals surface area contributed by atoms with Crippen molar-refractivity contribution < 1.29 is 9.53 Å². The summed E-state index contributed by atoms with van der Waals surface area (Å²) in [6.07, 6.45) is 10.0. The van der Waals surface area contributed by atoms with Crippen LogP contribution in [0.1, 0.15) is 61.5 Å². The number of piperidine rings is 1. The fourth-order valence-corrected chi connectivity index (χ4v) is 3.36. The Morgan fingerprint density at radius 3 is 2.57 bits per heavy atom. The fraction of sp³-hybridized carbons (Fsp3) is 0.800. The molecule has 2 heterocycles. The summed E-state index contributed by atoms with van der Waals surface area (Å²) in [5, 5.41) is 8.28. The molecular formula is C15H24N4O2. The molecule has 116 valence electrons. The Bertz CT molecular complexity index is 474. The first kappa shape index (κ1) is 14.5. The predicted molar refractivity (Wildman–Crippen MR) is 78.1 cm³/mol. The Balaban J connectivity index is 1.61. The molecule has 0 bridgehead atoms. The zero-order valence-electron chi connectivity index (χ0n) is 12.7. The molecule has 1 aromatic rings. The summed E-state index contributed by atoms with van der Waals surface area (Å²) in [5.74, 6) is 0.00612. The summed E-state index contributed by atoms with van der Waals surface area (Å²) in [5.41, 5.74) is 0.483. The number of nitrogens with zero attached hydrogens (tertiary/aromatic N) is 4. The largest absolute Gasteiger partial charge is 0.381 e. The monoisotopic (exact) mass is 292 g/mol. The van der Waals surface area contributed by atoms with E-state index in [1.807, 2.05) is 15.8 Å². The van der Waals surface area contributed by atoms with Gasteiger partial charge in [-0.15, -0.1) is 5.10 Å². The number of carbonyl (C=O) groups excluding carboxylic acids is 1. The van der Waals surface area contributed by atoms with E-state index in [1.165, 1.54) is 19.3 Å². The summed E-state index contributed by atoms with van der Waals surface area (Å²) >= 11 is 0. The van der Waals surface area contributed by atoms with Gasteiger partial charge in [0.05, 0.1) is 18.3 Å². The number of hydrogen-bond acceptors (Lipinski definition) is 4. The van der Waals surface area contributed by atoms with E-state index in [0.717, 1.165) is 38.8 Å². The van der Waals surface area contributed by atoms with E-state index in [-0.39, 0.29) is 12.0 Å². The van der Waals surface area contributed by atoms with Crippen LogP contribution in [0.3, 0.4) is 0 Å². The molecule has 1 aliphatic carbocycles. The highest BCUT2D eigenvalue weighted by Crippen LogP contribution is 2.27. The molecule has 0 aromatic carbocycles. The van der Waals surface area contributed by atoms with E-state index >= 15 is 0 Å². The lowest BCUT2D eigenvalue weighted by atomic mass is 9.96. The minimum Gasteiger partial charge on any atom is -0.381 e. The number of carbonyl (C=O) groups is 1. The molecule has 1 aromatic heterocycles. The lowest BCUT2D eigenvalue weighted by Crippen LogP contribution is -2.40. The lowest BCUT2D eigenvalue weighted by Gasteiger charge is -2.30. The van der Waals surface area contributed by atoms with E-state index in [4.69, 9.17) is 4.74 Å². The predicted octanol–water partition coefficient (Wildman–Crippen LogP) is 2.03. The van der Waals surface area contributed by atoms with Crippen LogP contribution in [0.4, 0.5) is 0 Å². The molecule has 6 nitrogen and oxygen atoms in total. The van der Waals surface area contributed by atoms with E-state index in [1.54, 1.807) is 7.11 Å². The van der Waals surface area contributed by atoms with E-state index in [2.05, 4.69) is 10.3 Å². The summed E-state index contributed by atoms with van der Waals surface area (Å²) in [6.45, 7) is 1.49. The van der Waals surface area contributed by atoms with Crippen LogP contribution in [-0.4, -0.2) is 52.1 Å². The van der Waals surface area contributed by atoms with Crippen molar-refractivity contribution in [2.75, 3.05) is 20.2 Å². The lowest BCUT2D eigenvalue weighted by molar-refractivity contribution is 0.0347. The third-order valence-electron chi connectivity index (χ3n) is 4.74. The maximum atomic E-state index is 12.5. The number of aromatic nitrogens is 3. The third kappa shape index (κ3) is 3.26. The smallest absolute Gasteiger partial charge is 0.276 e. The number of likely N-dealkylation sites (tertiary alicyclic amines) is 1. The standard InChI is InChI=1S/C15H24N4O2/c1-21-13-7-9-18(10-8-13)15(20)14-11-19(17-16-14)12-5-3-2-4-6-12/h11-13H,2-10H2,1H3. The molecule has 0 atom stereocenters. The van der Waals surface area contributed by atoms with Gasteiger partial charge in [0, 0.05) is 20.2 Å². The molecule has 21 heavy (non-hydrogen) atoms. The van der Waals surface area contributed by atoms with Gasteiger partial charge >= 0.3 is 0 Å². The van der Waals surface area contributed by atoms with E-state index < -0.39 is 0 Å². The van der Waals surface area contributed by atoms with Crippen LogP contribution in [0.5, 0.6) is 0 Å². The Morgan fingerprint density at radius 2 is 1.90 bits per heavy atom. The molecule has 1 saturated carbocycles. The fourth-order valence-electron chi connectivity index (χ4n) is 3.36. The van der Waals surface area contributed by atoms with Gasteiger partial charge in [-0.3, -0.25) is 4.79 Å². The van der Waals surface area contributed by atoms with Gasteiger partial charge in [0.1, 0.15) is 0 Å². The van der Waals surface area contributed by atoms with Gasteiger partial charge in [-0.1, -0.05) is 24.5 Å². The van der Waals surface area contributed by atoms with Crippen molar-refractivity contribution in [1.29, 1.82) is 0 Å². The molecule has 2 fully saturated rings. The topological polar surface area (TPSA) is 60.2 Å². The summed E-state index contributed by atoms with van der Waals surface area (Å²) in [6, 6.07) is 0.423. The van der Waals surface area contributed by atoms with Crippen LogP contribution in [0.2, 0.25) is 0 Å². The Kier molecular flexibility index (Phi) is 4.53. The first-order chi connectivity index (χ1) is 10.3. The molecule has 6 heteroatoms. The Morgan fingerprint density at radius 1 is 1.19 bits per heavy atom. The van der Waals surface area contributed by atoms with Gasteiger partial charge in [-0.05, 0) is 25.7 Å². The molecule has 1 aliphatic heterocycles. The van der Waals surface area contributed by atoms with E-state index in [0.29, 0.717) is 11.7 Å². The Hall–Kier alpha value is -1.43. The second-order valence-corrected chi connectivity index (χ2v) is 6.10. The second-order valence-electron chi connectivity index (χ2n) is 6.10. The SMILES string of the molecule is COC1CCN(C(=O)c2cn(C3CCCCC3)nn2)CC1. The van der Waals surface area contributed by atoms with Gasteiger partial charge in [0.25, 0.3) is 5.91 Å². The van der Waals surface area contributed by atoms with Gasteiger partial charge in [0.2, 0.25) is 0 Å². The normalized spacial score (nSPS) is 21.7. The highest BCUT2D eigenvalue weighted by Gasteiger charge is 2.26. The van der Waals surface area contributed by atoms with Crippen LogP contribution < -0.4 is 0 Å². The second kappa shape index (κ2) is 6.56. The minimum absolute atomic E-state index is 0.00612. The van der Waals surface area contributed by atoms with Crippen LogP contribution in [0.25, 0.3) is 0 Å². The first-order valence-electron chi connectivity index (χ1n) is 8.02. The Labute approximate surface area is 125 Å². The van der Waals surface area contributed by atoms with E-state index in [9.17, 15) is 4.79 Å². The highest BCUT2D eigenvalue weighted by molar-refractivity contribution is 5.92. The molecule has 3 rings (SSSR count). The molecule has 0 unspecified atom stereocenters. The van der Waals surface area contributed by atoms with Crippen molar-refractivity contribution in [3.05, 3.63) is 11.9 Å². The van der Waals surface area contributed by atoms with Gasteiger partial charge < -0.3 is 9.64 Å². The first-order valence-corrected chi connectivity index (χ1v) is 8.02. The molecule has 0 radical (unpaired) electrons. The van der Waals surface area contributed by atoms with Gasteiger partial charge in [0.15, 0.2) is 5.69 Å². The number of methoxy groups -OCH3 is 1. The summed E-state index contributed by atoms with van der Waals surface area (Å²) in [4.78, 5) is 14.3. The van der Waals surface area contributed by atoms with Crippen LogP contribution in [0, 0.1) is 0 Å². The minimum atomic E-state index is 0.00612. The van der Waals surface area contributed by atoms with Crippen molar-refractivity contribution >= 4 is 5.91 Å². The number of rotatable bonds is 3. The molecule has 2 aliphatic rings. The van der Waals surface area contributed by atoms with Crippen LogP contribution >= 0.6 is 0 Å². The highest BCUT2D eigenvalue weighted by atomic mass is 16.5. The molecule has 1 amide bonds. The molecule has 0 spiro atoms. The summed E-state index contributed by atoms with van der Waals surface area (Å²) < 4.78 is 7.24. The average molecular weight is 292 g/mol. The van der Waals surface area contributed by atoms with Crippen LogP contribution in [-0.2, 0) is 4.74 Å². The molecule has 0 N–H and O–H groups in total. The van der Waals surface area contributed by atoms with Crippen molar-refractivity contribution in [1.82, 2.24) is 19.9 Å². The van der Waals surface area contributed by atoms with Gasteiger partial charge in [-0.25, -0.2) is 4.68 Å².